The van der Waals surface area contributed by atoms with Crippen molar-refractivity contribution < 1.29 is 14.3 Å². The lowest BCUT2D eigenvalue weighted by atomic mass is 10.2. The van der Waals surface area contributed by atoms with Gasteiger partial charge in [0.2, 0.25) is 5.91 Å². The molecule has 2 amide bonds. The van der Waals surface area contributed by atoms with Gasteiger partial charge in [0.05, 0.1) is 18.7 Å². The second-order valence-electron chi connectivity index (χ2n) is 4.97. The third-order valence-electron chi connectivity index (χ3n) is 3.20. The molecule has 0 unspecified atom stereocenters. The van der Waals surface area contributed by atoms with E-state index in [4.69, 9.17) is 10.5 Å². The van der Waals surface area contributed by atoms with Crippen LogP contribution in [0.3, 0.4) is 0 Å². The van der Waals surface area contributed by atoms with E-state index in [0.717, 1.165) is 16.3 Å². The summed E-state index contributed by atoms with van der Waals surface area (Å²) in [6.45, 7) is 0.775. The number of carbonyl (C=O) groups is 2. The highest BCUT2D eigenvalue weighted by Crippen LogP contribution is 2.11. The van der Waals surface area contributed by atoms with Crippen LogP contribution in [-0.2, 0) is 17.8 Å². The maximum Gasteiger partial charge on any atom is 0.271 e. The molecule has 2 aromatic rings. The van der Waals surface area contributed by atoms with Gasteiger partial charge in [0.25, 0.3) is 5.91 Å². The van der Waals surface area contributed by atoms with Gasteiger partial charge < -0.3 is 21.1 Å². The molecule has 0 aliphatic heterocycles. The first kappa shape index (κ1) is 17.9. The van der Waals surface area contributed by atoms with Crippen LogP contribution in [0.4, 0.5) is 0 Å². The summed E-state index contributed by atoms with van der Waals surface area (Å²) >= 11 is 1.38. The van der Waals surface area contributed by atoms with Gasteiger partial charge in [-0.2, -0.15) is 0 Å². The summed E-state index contributed by atoms with van der Waals surface area (Å²) in [5.74, 6) is 0.125. The SMILES string of the molecule is COc1ccc(CNC(=O)CNC(=O)c2csc(CCN)n2)cc1. The molecule has 1 aromatic carbocycles. The average Bonchev–Trinajstić information content (AvgIpc) is 3.07. The molecule has 0 bridgehead atoms. The molecule has 0 saturated carbocycles. The maximum absolute atomic E-state index is 11.9. The van der Waals surface area contributed by atoms with Crippen molar-refractivity contribution in [1.29, 1.82) is 0 Å². The third-order valence-corrected chi connectivity index (χ3v) is 4.11. The zero-order valence-corrected chi connectivity index (χ0v) is 14.2. The van der Waals surface area contributed by atoms with Crippen molar-refractivity contribution in [3.63, 3.8) is 0 Å². The highest BCUT2D eigenvalue weighted by atomic mass is 32.1. The smallest absolute Gasteiger partial charge is 0.271 e. The molecule has 0 aliphatic rings. The highest BCUT2D eigenvalue weighted by molar-refractivity contribution is 7.09. The molecule has 1 aromatic heterocycles. The number of hydrogen-bond acceptors (Lipinski definition) is 6. The number of nitrogens with one attached hydrogen (secondary N) is 2. The van der Waals surface area contributed by atoms with Crippen LogP contribution in [0.1, 0.15) is 21.1 Å². The topological polar surface area (TPSA) is 106 Å². The lowest BCUT2D eigenvalue weighted by molar-refractivity contribution is -0.120. The Morgan fingerprint density at radius 2 is 2.00 bits per heavy atom. The van der Waals surface area contributed by atoms with Gasteiger partial charge in [-0.15, -0.1) is 11.3 Å². The van der Waals surface area contributed by atoms with E-state index in [-0.39, 0.29) is 18.4 Å². The summed E-state index contributed by atoms with van der Waals surface area (Å²) in [5, 5.41) is 7.76. The van der Waals surface area contributed by atoms with E-state index < -0.39 is 0 Å². The van der Waals surface area contributed by atoms with E-state index in [1.165, 1.54) is 11.3 Å². The summed E-state index contributed by atoms with van der Waals surface area (Å²) in [5.41, 5.74) is 6.71. The molecule has 7 nitrogen and oxygen atoms in total. The first-order valence-corrected chi connectivity index (χ1v) is 8.32. The van der Waals surface area contributed by atoms with E-state index in [0.29, 0.717) is 25.2 Å². The lowest BCUT2D eigenvalue weighted by Crippen LogP contribution is -2.36. The average molecular weight is 348 g/mol. The van der Waals surface area contributed by atoms with Gasteiger partial charge in [0.1, 0.15) is 11.4 Å². The van der Waals surface area contributed by atoms with Crippen molar-refractivity contribution in [2.45, 2.75) is 13.0 Å². The highest BCUT2D eigenvalue weighted by Gasteiger charge is 2.11. The second-order valence-corrected chi connectivity index (χ2v) is 5.92. The van der Waals surface area contributed by atoms with Crippen molar-refractivity contribution in [2.24, 2.45) is 5.73 Å². The quantitative estimate of drug-likeness (QED) is 0.651. The minimum absolute atomic E-state index is 0.0985. The zero-order chi connectivity index (χ0) is 17.4. The normalized spacial score (nSPS) is 10.2. The van der Waals surface area contributed by atoms with E-state index in [1.54, 1.807) is 12.5 Å². The summed E-state index contributed by atoms with van der Waals surface area (Å²) < 4.78 is 5.07. The Kier molecular flexibility index (Phi) is 6.71. The van der Waals surface area contributed by atoms with E-state index >= 15 is 0 Å². The Labute approximate surface area is 144 Å². The summed E-state index contributed by atoms with van der Waals surface area (Å²) in [4.78, 5) is 27.9. The number of thiazole rings is 1. The minimum Gasteiger partial charge on any atom is -0.497 e. The van der Waals surface area contributed by atoms with E-state index in [2.05, 4.69) is 15.6 Å². The largest absolute Gasteiger partial charge is 0.497 e. The summed E-state index contributed by atoms with van der Waals surface area (Å²) in [7, 11) is 1.60. The molecule has 0 saturated heterocycles. The molecule has 4 N–H and O–H groups in total. The second kappa shape index (κ2) is 8.99. The first-order valence-electron chi connectivity index (χ1n) is 7.44. The Hall–Kier alpha value is -2.45. The van der Waals surface area contributed by atoms with Gasteiger partial charge in [-0.25, -0.2) is 4.98 Å². The fourth-order valence-corrected chi connectivity index (χ4v) is 2.71. The number of methoxy groups -OCH3 is 1. The number of nitrogens with two attached hydrogens (primary N) is 1. The zero-order valence-electron chi connectivity index (χ0n) is 13.4. The van der Waals surface area contributed by atoms with Crippen LogP contribution < -0.4 is 21.1 Å². The molecule has 0 atom stereocenters. The van der Waals surface area contributed by atoms with Gasteiger partial charge in [-0.3, -0.25) is 9.59 Å². The monoisotopic (exact) mass is 348 g/mol. The van der Waals surface area contributed by atoms with Crippen molar-refractivity contribution in [2.75, 3.05) is 20.2 Å². The number of aromatic nitrogens is 1. The number of hydrogen-bond donors (Lipinski definition) is 3. The van der Waals surface area contributed by atoms with Gasteiger partial charge >= 0.3 is 0 Å². The van der Waals surface area contributed by atoms with Crippen molar-refractivity contribution in [3.05, 3.63) is 45.9 Å². The molecule has 0 aliphatic carbocycles. The number of amides is 2. The number of rotatable bonds is 8. The van der Waals surface area contributed by atoms with Crippen LogP contribution in [0.25, 0.3) is 0 Å². The predicted molar refractivity (Wildman–Crippen MR) is 92.0 cm³/mol. The molecule has 2 rings (SSSR count). The number of benzene rings is 1. The Morgan fingerprint density at radius 3 is 2.67 bits per heavy atom. The number of nitrogens with zero attached hydrogens (tertiary/aromatic N) is 1. The van der Waals surface area contributed by atoms with Crippen LogP contribution >= 0.6 is 11.3 Å². The maximum atomic E-state index is 11.9. The predicted octanol–water partition coefficient (Wildman–Crippen LogP) is 0.699. The minimum atomic E-state index is -0.367. The van der Waals surface area contributed by atoms with Crippen LogP contribution in [0.5, 0.6) is 5.75 Å². The Balaban J connectivity index is 1.74. The molecular weight excluding hydrogens is 328 g/mol. The first-order chi connectivity index (χ1) is 11.6. The molecular formula is C16H20N4O3S. The van der Waals surface area contributed by atoms with E-state index in [9.17, 15) is 9.59 Å². The fourth-order valence-electron chi connectivity index (χ4n) is 1.91. The molecule has 24 heavy (non-hydrogen) atoms. The summed E-state index contributed by atoms with van der Waals surface area (Å²) in [6.07, 6.45) is 0.639. The lowest BCUT2D eigenvalue weighted by Gasteiger charge is -2.07. The van der Waals surface area contributed by atoms with Gasteiger partial charge in [0, 0.05) is 18.3 Å². The Bertz CT molecular complexity index is 685. The molecule has 1 heterocycles. The van der Waals surface area contributed by atoms with Crippen LogP contribution in [0.15, 0.2) is 29.6 Å². The van der Waals surface area contributed by atoms with Gasteiger partial charge in [-0.05, 0) is 24.2 Å². The standard InChI is InChI=1S/C16H20N4O3S/c1-23-12-4-2-11(3-5-12)8-18-14(21)9-19-16(22)13-10-24-15(20-13)6-7-17/h2-5,10H,6-9,17H2,1H3,(H,18,21)(H,19,22). The Morgan fingerprint density at radius 1 is 1.25 bits per heavy atom. The van der Waals surface area contributed by atoms with Crippen molar-refractivity contribution >= 4 is 23.2 Å². The number of carbonyl (C=O) groups excluding carboxylic acids is 2. The van der Waals surface area contributed by atoms with Gasteiger partial charge in [0.15, 0.2) is 0 Å². The van der Waals surface area contributed by atoms with Crippen LogP contribution in [0.2, 0.25) is 0 Å². The van der Waals surface area contributed by atoms with Crippen LogP contribution in [-0.4, -0.2) is 37.0 Å². The molecule has 0 radical (unpaired) electrons. The third kappa shape index (κ3) is 5.32. The fraction of sp³-hybridized carbons (Fsp3) is 0.312. The molecule has 0 spiro atoms. The molecule has 128 valence electrons. The van der Waals surface area contributed by atoms with Crippen LogP contribution in [0, 0.1) is 0 Å². The van der Waals surface area contributed by atoms with Crippen molar-refractivity contribution in [3.8, 4) is 5.75 Å². The molecule has 8 heteroatoms. The summed E-state index contributed by atoms with van der Waals surface area (Å²) in [6, 6.07) is 7.38. The molecule has 0 fully saturated rings. The van der Waals surface area contributed by atoms with E-state index in [1.807, 2.05) is 24.3 Å². The van der Waals surface area contributed by atoms with Crippen molar-refractivity contribution in [1.82, 2.24) is 15.6 Å². The van der Waals surface area contributed by atoms with Gasteiger partial charge in [-0.1, -0.05) is 12.1 Å². The number of ether oxygens (including phenoxy) is 1.